The number of para-hydroxylation sites is 2. The molecular weight excluding hydrogens is 184 g/mol. The molecule has 0 saturated heterocycles. The van der Waals surface area contributed by atoms with Crippen molar-refractivity contribution in [3.63, 3.8) is 0 Å². The van der Waals surface area contributed by atoms with Crippen LogP contribution >= 0.6 is 0 Å². The maximum Gasteiger partial charge on any atom is 0.160 e. The summed E-state index contributed by atoms with van der Waals surface area (Å²) in [6.07, 6.45) is 0. The van der Waals surface area contributed by atoms with Gasteiger partial charge in [0.05, 0.1) is 11.4 Å². The first-order chi connectivity index (χ1) is 7.43. The fourth-order valence-corrected chi connectivity index (χ4v) is 1.62. The van der Waals surface area contributed by atoms with Crippen LogP contribution in [0.15, 0.2) is 59.6 Å². The Labute approximate surface area is 88.3 Å². The van der Waals surface area contributed by atoms with Gasteiger partial charge in [-0.05, 0) is 12.1 Å². The SMILES string of the molecule is c1ccc(C2=Nc3ccccc3[N]2)cc1. The van der Waals surface area contributed by atoms with Gasteiger partial charge in [-0.3, -0.25) is 0 Å². The first-order valence-corrected chi connectivity index (χ1v) is 4.88. The molecule has 0 N–H and O–H groups in total. The van der Waals surface area contributed by atoms with Crippen molar-refractivity contribution in [3.05, 3.63) is 60.2 Å². The van der Waals surface area contributed by atoms with E-state index in [1.807, 2.05) is 54.6 Å². The van der Waals surface area contributed by atoms with Crippen molar-refractivity contribution in [2.45, 2.75) is 0 Å². The van der Waals surface area contributed by atoms with Gasteiger partial charge in [0.2, 0.25) is 0 Å². The molecule has 2 heteroatoms. The van der Waals surface area contributed by atoms with Gasteiger partial charge < -0.3 is 0 Å². The van der Waals surface area contributed by atoms with Crippen LogP contribution in [0, 0.1) is 0 Å². The van der Waals surface area contributed by atoms with Gasteiger partial charge in [0.15, 0.2) is 5.84 Å². The van der Waals surface area contributed by atoms with E-state index >= 15 is 0 Å². The van der Waals surface area contributed by atoms with E-state index in [4.69, 9.17) is 0 Å². The summed E-state index contributed by atoms with van der Waals surface area (Å²) in [5.41, 5.74) is 2.97. The topological polar surface area (TPSA) is 26.5 Å². The molecule has 71 valence electrons. The molecular formula is C13H9N2. The van der Waals surface area contributed by atoms with Gasteiger partial charge in [-0.25, -0.2) is 10.3 Å². The lowest BCUT2D eigenvalue weighted by atomic mass is 10.2. The molecule has 1 radical (unpaired) electrons. The third-order valence-corrected chi connectivity index (χ3v) is 2.37. The molecule has 0 aromatic heterocycles. The average molecular weight is 193 g/mol. The standard InChI is InChI=1S/C13H9N2/c1-2-6-10(7-3-1)13-14-11-8-4-5-9-12(11)15-13/h1-9H. The molecule has 0 bridgehead atoms. The van der Waals surface area contributed by atoms with E-state index in [0.717, 1.165) is 22.8 Å². The third-order valence-electron chi connectivity index (χ3n) is 2.37. The van der Waals surface area contributed by atoms with Crippen LogP contribution in [0.2, 0.25) is 0 Å². The summed E-state index contributed by atoms with van der Waals surface area (Å²) >= 11 is 0. The molecule has 2 nitrogen and oxygen atoms in total. The number of nitrogens with zero attached hydrogens (tertiary/aromatic N) is 2. The van der Waals surface area contributed by atoms with Crippen LogP contribution < -0.4 is 5.32 Å². The van der Waals surface area contributed by atoms with E-state index in [2.05, 4.69) is 10.3 Å². The van der Waals surface area contributed by atoms with Crippen molar-refractivity contribution in [2.75, 3.05) is 0 Å². The van der Waals surface area contributed by atoms with Crippen LogP contribution in [0.4, 0.5) is 11.4 Å². The number of rotatable bonds is 1. The first kappa shape index (κ1) is 8.24. The Balaban J connectivity index is 2.02. The number of benzene rings is 2. The normalized spacial score (nSPS) is 12.9. The van der Waals surface area contributed by atoms with E-state index in [9.17, 15) is 0 Å². The lowest BCUT2D eigenvalue weighted by molar-refractivity contribution is 1.30. The zero-order chi connectivity index (χ0) is 10.1. The summed E-state index contributed by atoms with van der Waals surface area (Å²) < 4.78 is 0. The number of hydrogen-bond acceptors (Lipinski definition) is 1. The highest BCUT2D eigenvalue weighted by atomic mass is 15.1. The molecule has 1 aliphatic rings. The molecule has 0 spiro atoms. The Kier molecular flexibility index (Phi) is 1.78. The molecule has 0 atom stereocenters. The van der Waals surface area contributed by atoms with Gasteiger partial charge in [0, 0.05) is 5.56 Å². The van der Waals surface area contributed by atoms with Crippen molar-refractivity contribution in [1.82, 2.24) is 5.32 Å². The minimum atomic E-state index is 0.803. The quantitative estimate of drug-likeness (QED) is 0.665. The van der Waals surface area contributed by atoms with Crippen molar-refractivity contribution < 1.29 is 0 Å². The van der Waals surface area contributed by atoms with Crippen LogP contribution in [-0.2, 0) is 0 Å². The minimum Gasteiger partial charge on any atom is -0.226 e. The second-order valence-corrected chi connectivity index (χ2v) is 3.40. The Morgan fingerprint density at radius 2 is 1.33 bits per heavy atom. The third kappa shape index (κ3) is 1.40. The van der Waals surface area contributed by atoms with Gasteiger partial charge in [-0.1, -0.05) is 42.5 Å². The van der Waals surface area contributed by atoms with Crippen molar-refractivity contribution >= 4 is 17.2 Å². The monoisotopic (exact) mass is 193 g/mol. The van der Waals surface area contributed by atoms with Gasteiger partial charge >= 0.3 is 0 Å². The molecule has 2 aromatic carbocycles. The van der Waals surface area contributed by atoms with Crippen LogP contribution in [0.5, 0.6) is 0 Å². The zero-order valence-corrected chi connectivity index (χ0v) is 8.09. The molecule has 3 rings (SSSR count). The van der Waals surface area contributed by atoms with Gasteiger partial charge in [-0.2, -0.15) is 0 Å². The van der Waals surface area contributed by atoms with Crippen molar-refractivity contribution in [1.29, 1.82) is 0 Å². The number of hydrogen-bond donors (Lipinski definition) is 0. The Bertz CT molecular complexity index is 515. The number of amidine groups is 1. The Morgan fingerprint density at radius 1 is 0.667 bits per heavy atom. The highest BCUT2D eigenvalue weighted by Crippen LogP contribution is 2.30. The van der Waals surface area contributed by atoms with Crippen LogP contribution in [0.1, 0.15) is 5.56 Å². The maximum atomic E-state index is 4.47. The number of fused-ring (bicyclic) bond motifs is 1. The maximum absolute atomic E-state index is 4.47. The molecule has 2 aromatic rings. The second kappa shape index (κ2) is 3.24. The predicted octanol–water partition coefficient (Wildman–Crippen LogP) is 3.01. The van der Waals surface area contributed by atoms with E-state index < -0.39 is 0 Å². The zero-order valence-electron chi connectivity index (χ0n) is 8.09. The minimum absolute atomic E-state index is 0.803. The highest BCUT2D eigenvalue weighted by Gasteiger charge is 2.15. The lowest BCUT2D eigenvalue weighted by Gasteiger charge is -1.98. The van der Waals surface area contributed by atoms with Crippen LogP contribution in [-0.4, -0.2) is 5.84 Å². The molecule has 0 fully saturated rings. The van der Waals surface area contributed by atoms with E-state index in [-0.39, 0.29) is 0 Å². The van der Waals surface area contributed by atoms with Crippen LogP contribution in [0.3, 0.4) is 0 Å². The van der Waals surface area contributed by atoms with E-state index in [0.29, 0.717) is 0 Å². The fraction of sp³-hybridized carbons (Fsp3) is 0. The highest BCUT2D eigenvalue weighted by molar-refractivity contribution is 6.07. The molecule has 15 heavy (non-hydrogen) atoms. The Morgan fingerprint density at radius 3 is 2.07 bits per heavy atom. The van der Waals surface area contributed by atoms with E-state index in [1.165, 1.54) is 0 Å². The Hall–Kier alpha value is -2.09. The summed E-state index contributed by atoms with van der Waals surface area (Å²) in [7, 11) is 0. The van der Waals surface area contributed by atoms with Crippen molar-refractivity contribution in [3.8, 4) is 0 Å². The summed E-state index contributed by atoms with van der Waals surface area (Å²) in [6, 6.07) is 17.9. The molecule has 0 saturated carbocycles. The molecule has 0 amide bonds. The summed E-state index contributed by atoms with van der Waals surface area (Å²) in [4.78, 5) is 4.47. The van der Waals surface area contributed by atoms with E-state index in [1.54, 1.807) is 0 Å². The fourth-order valence-electron chi connectivity index (χ4n) is 1.62. The lowest BCUT2D eigenvalue weighted by Crippen LogP contribution is -2.07. The van der Waals surface area contributed by atoms with Crippen LogP contribution in [0.25, 0.3) is 0 Å². The van der Waals surface area contributed by atoms with Gasteiger partial charge in [-0.15, -0.1) is 0 Å². The molecule has 0 unspecified atom stereocenters. The second-order valence-electron chi connectivity index (χ2n) is 3.40. The summed E-state index contributed by atoms with van der Waals surface area (Å²) in [5, 5.41) is 4.47. The molecule has 0 aliphatic carbocycles. The van der Waals surface area contributed by atoms with Gasteiger partial charge in [0.1, 0.15) is 0 Å². The molecule has 1 heterocycles. The number of aliphatic imine (C=N–C) groups is 1. The largest absolute Gasteiger partial charge is 0.226 e. The molecule has 1 aliphatic heterocycles. The smallest absolute Gasteiger partial charge is 0.160 e. The summed E-state index contributed by atoms with van der Waals surface area (Å²) in [6.45, 7) is 0. The van der Waals surface area contributed by atoms with Gasteiger partial charge in [0.25, 0.3) is 0 Å². The summed E-state index contributed by atoms with van der Waals surface area (Å²) in [5.74, 6) is 0.803. The first-order valence-electron chi connectivity index (χ1n) is 4.88. The predicted molar refractivity (Wildman–Crippen MR) is 60.9 cm³/mol. The average Bonchev–Trinajstić information content (AvgIpc) is 2.74. The van der Waals surface area contributed by atoms with Crippen molar-refractivity contribution in [2.24, 2.45) is 4.99 Å².